The van der Waals surface area contributed by atoms with E-state index in [1.54, 1.807) is 0 Å². The third kappa shape index (κ3) is 2.07. The van der Waals surface area contributed by atoms with E-state index in [4.69, 9.17) is 4.98 Å². The topological polar surface area (TPSA) is 25.8 Å². The Bertz CT molecular complexity index is 794. The van der Waals surface area contributed by atoms with Crippen molar-refractivity contribution in [3.05, 3.63) is 45.4 Å². The molecule has 0 amide bonds. The molecule has 2 nitrogen and oxygen atoms in total. The summed E-state index contributed by atoms with van der Waals surface area (Å²) in [7, 11) is 0. The predicted octanol–water partition coefficient (Wildman–Crippen LogP) is 5.00. The van der Waals surface area contributed by atoms with Crippen LogP contribution in [0.2, 0.25) is 0 Å². The highest BCUT2D eigenvalue weighted by Crippen LogP contribution is 2.35. The lowest BCUT2D eigenvalue weighted by atomic mass is 9.97. The molecule has 0 atom stereocenters. The predicted molar refractivity (Wildman–Crippen MR) is 87.2 cm³/mol. The highest BCUT2D eigenvalue weighted by Gasteiger charge is 2.17. The summed E-state index contributed by atoms with van der Waals surface area (Å²) in [4.78, 5) is 12.0. The molecule has 0 saturated heterocycles. The fourth-order valence-corrected chi connectivity index (χ4v) is 4.44. The van der Waals surface area contributed by atoms with Gasteiger partial charge < -0.3 is 0 Å². The SMILES string of the molecule is Brc1cccc(-c2ncc3c4c(sc3n2)CCCC4)c1. The van der Waals surface area contributed by atoms with Gasteiger partial charge in [-0.15, -0.1) is 11.3 Å². The van der Waals surface area contributed by atoms with E-state index < -0.39 is 0 Å². The third-order valence-electron chi connectivity index (χ3n) is 3.80. The Morgan fingerprint density at radius 2 is 2.05 bits per heavy atom. The van der Waals surface area contributed by atoms with E-state index in [-0.39, 0.29) is 0 Å². The summed E-state index contributed by atoms with van der Waals surface area (Å²) in [6, 6.07) is 8.16. The fraction of sp³-hybridized carbons (Fsp3) is 0.250. The van der Waals surface area contributed by atoms with Crippen LogP contribution in [0.4, 0.5) is 0 Å². The molecule has 0 bridgehead atoms. The quantitative estimate of drug-likeness (QED) is 0.620. The van der Waals surface area contributed by atoms with Crippen LogP contribution < -0.4 is 0 Å². The highest BCUT2D eigenvalue weighted by atomic mass is 79.9. The van der Waals surface area contributed by atoms with Gasteiger partial charge in [-0.3, -0.25) is 0 Å². The van der Waals surface area contributed by atoms with Crippen LogP contribution in [0, 0.1) is 0 Å². The zero-order valence-corrected chi connectivity index (χ0v) is 13.3. The average Bonchev–Trinajstić information content (AvgIpc) is 2.85. The fourth-order valence-electron chi connectivity index (χ4n) is 2.81. The maximum Gasteiger partial charge on any atom is 0.160 e. The van der Waals surface area contributed by atoms with Crippen LogP contribution in [-0.4, -0.2) is 9.97 Å². The number of benzene rings is 1. The summed E-state index contributed by atoms with van der Waals surface area (Å²) in [6.45, 7) is 0. The third-order valence-corrected chi connectivity index (χ3v) is 5.49. The lowest BCUT2D eigenvalue weighted by molar-refractivity contribution is 0.700. The number of hydrogen-bond donors (Lipinski definition) is 0. The largest absolute Gasteiger partial charge is 0.236 e. The Balaban J connectivity index is 1.87. The van der Waals surface area contributed by atoms with Crippen molar-refractivity contribution in [2.24, 2.45) is 0 Å². The van der Waals surface area contributed by atoms with Gasteiger partial charge in [0.25, 0.3) is 0 Å². The first-order valence-electron chi connectivity index (χ1n) is 6.84. The lowest BCUT2D eigenvalue weighted by Crippen LogP contribution is -1.98. The van der Waals surface area contributed by atoms with Crippen LogP contribution in [0.1, 0.15) is 23.3 Å². The summed E-state index contributed by atoms with van der Waals surface area (Å²) >= 11 is 5.35. The molecule has 100 valence electrons. The molecule has 1 aliphatic carbocycles. The molecule has 0 radical (unpaired) electrons. The first-order valence-corrected chi connectivity index (χ1v) is 8.45. The Hall–Kier alpha value is -1.26. The van der Waals surface area contributed by atoms with Crippen LogP contribution in [0.15, 0.2) is 34.9 Å². The number of nitrogens with zero attached hydrogens (tertiary/aromatic N) is 2. The molecule has 0 spiro atoms. The van der Waals surface area contributed by atoms with E-state index in [9.17, 15) is 0 Å². The van der Waals surface area contributed by atoms with E-state index >= 15 is 0 Å². The van der Waals surface area contributed by atoms with E-state index in [0.717, 1.165) is 20.7 Å². The smallest absolute Gasteiger partial charge is 0.160 e. The van der Waals surface area contributed by atoms with E-state index in [1.165, 1.54) is 41.5 Å². The zero-order chi connectivity index (χ0) is 13.5. The molecule has 2 heterocycles. The molecule has 0 aliphatic heterocycles. The molecule has 1 aromatic carbocycles. The van der Waals surface area contributed by atoms with Crippen molar-refractivity contribution in [1.82, 2.24) is 9.97 Å². The van der Waals surface area contributed by atoms with Crippen LogP contribution in [0.25, 0.3) is 21.6 Å². The minimum absolute atomic E-state index is 0.817. The van der Waals surface area contributed by atoms with Crippen LogP contribution in [0.5, 0.6) is 0 Å². The highest BCUT2D eigenvalue weighted by molar-refractivity contribution is 9.10. The maximum absolute atomic E-state index is 4.78. The number of fused-ring (bicyclic) bond motifs is 3. The van der Waals surface area contributed by atoms with Crippen LogP contribution in [-0.2, 0) is 12.8 Å². The van der Waals surface area contributed by atoms with Gasteiger partial charge in [0.1, 0.15) is 4.83 Å². The minimum Gasteiger partial charge on any atom is -0.236 e. The van der Waals surface area contributed by atoms with Gasteiger partial charge >= 0.3 is 0 Å². The average molecular weight is 345 g/mol. The van der Waals surface area contributed by atoms with Gasteiger partial charge in [-0.2, -0.15) is 0 Å². The minimum atomic E-state index is 0.817. The van der Waals surface area contributed by atoms with Gasteiger partial charge in [-0.25, -0.2) is 9.97 Å². The Morgan fingerprint density at radius 1 is 1.15 bits per heavy atom. The molecule has 1 aliphatic rings. The molecule has 4 rings (SSSR count). The van der Waals surface area contributed by atoms with Gasteiger partial charge in [0.2, 0.25) is 0 Å². The summed E-state index contributed by atoms with van der Waals surface area (Å²) in [5.41, 5.74) is 2.56. The molecule has 4 heteroatoms. The van der Waals surface area contributed by atoms with Crippen molar-refractivity contribution in [2.45, 2.75) is 25.7 Å². The molecule has 3 aromatic rings. The standard InChI is InChI=1S/C16H13BrN2S/c17-11-5-3-4-10(8-11)15-18-9-13-12-6-1-2-7-14(12)20-16(13)19-15/h3-5,8-9H,1-2,6-7H2. The maximum atomic E-state index is 4.78. The second-order valence-corrected chi connectivity index (χ2v) is 7.13. The molecule has 20 heavy (non-hydrogen) atoms. The van der Waals surface area contributed by atoms with Crippen LogP contribution in [0.3, 0.4) is 0 Å². The number of hydrogen-bond acceptors (Lipinski definition) is 3. The molecule has 0 saturated carbocycles. The summed E-state index contributed by atoms with van der Waals surface area (Å²) in [5.74, 6) is 0.817. The van der Waals surface area contributed by atoms with Crippen molar-refractivity contribution in [3.8, 4) is 11.4 Å². The summed E-state index contributed by atoms with van der Waals surface area (Å²) < 4.78 is 1.06. The first-order chi connectivity index (χ1) is 9.81. The number of thiophene rings is 1. The normalized spacial score (nSPS) is 14.4. The van der Waals surface area contributed by atoms with Gasteiger partial charge in [-0.05, 0) is 43.4 Å². The van der Waals surface area contributed by atoms with Gasteiger partial charge in [0, 0.05) is 26.5 Å². The molecule has 0 fully saturated rings. The van der Waals surface area contributed by atoms with Crippen molar-refractivity contribution in [2.75, 3.05) is 0 Å². The monoisotopic (exact) mass is 344 g/mol. The van der Waals surface area contributed by atoms with Crippen molar-refractivity contribution in [1.29, 1.82) is 0 Å². The Kier molecular flexibility index (Phi) is 3.08. The van der Waals surface area contributed by atoms with Gasteiger partial charge in [0.15, 0.2) is 5.82 Å². The molecule has 0 N–H and O–H groups in total. The van der Waals surface area contributed by atoms with Crippen molar-refractivity contribution < 1.29 is 0 Å². The second-order valence-electron chi connectivity index (χ2n) is 5.13. The lowest BCUT2D eigenvalue weighted by Gasteiger charge is -2.09. The number of halogens is 1. The van der Waals surface area contributed by atoms with Crippen LogP contribution >= 0.6 is 27.3 Å². The number of rotatable bonds is 1. The molecular weight excluding hydrogens is 332 g/mol. The molecule has 2 aromatic heterocycles. The first kappa shape index (κ1) is 12.5. The van der Waals surface area contributed by atoms with E-state index in [2.05, 4.69) is 33.0 Å². The molecular formula is C16H13BrN2S. The Morgan fingerprint density at radius 3 is 2.95 bits per heavy atom. The Labute approximate surface area is 130 Å². The van der Waals surface area contributed by atoms with Crippen molar-refractivity contribution >= 4 is 37.5 Å². The number of aromatic nitrogens is 2. The number of aryl methyl sites for hydroxylation is 2. The van der Waals surface area contributed by atoms with Crippen molar-refractivity contribution in [3.63, 3.8) is 0 Å². The summed E-state index contributed by atoms with van der Waals surface area (Å²) in [6.07, 6.45) is 7.02. The van der Waals surface area contributed by atoms with Gasteiger partial charge in [0.05, 0.1) is 0 Å². The summed E-state index contributed by atoms with van der Waals surface area (Å²) in [5, 5.41) is 1.27. The second kappa shape index (κ2) is 4.93. The van der Waals surface area contributed by atoms with E-state index in [0.29, 0.717) is 0 Å². The van der Waals surface area contributed by atoms with E-state index in [1.807, 2.05) is 29.7 Å². The van der Waals surface area contributed by atoms with Gasteiger partial charge in [-0.1, -0.05) is 28.1 Å². The molecule has 0 unspecified atom stereocenters. The zero-order valence-electron chi connectivity index (χ0n) is 10.9.